The van der Waals surface area contributed by atoms with Crippen LogP contribution in [0, 0.1) is 5.82 Å². The number of aromatic nitrogens is 5. The Morgan fingerprint density at radius 2 is 1.82 bits per heavy atom. The Bertz CT molecular complexity index is 1920. The Balaban J connectivity index is 1.21. The van der Waals surface area contributed by atoms with Crippen LogP contribution in [0.15, 0.2) is 73.2 Å². The molecule has 0 bridgehead atoms. The lowest BCUT2D eigenvalue weighted by Gasteiger charge is -2.22. The summed E-state index contributed by atoms with van der Waals surface area (Å²) in [6.45, 7) is 1.58. The Morgan fingerprint density at radius 3 is 2.68 bits per heavy atom. The van der Waals surface area contributed by atoms with E-state index in [2.05, 4.69) is 36.4 Å². The summed E-state index contributed by atoms with van der Waals surface area (Å²) >= 11 is 0. The summed E-state index contributed by atoms with van der Waals surface area (Å²) in [5, 5.41) is 13.1. The van der Waals surface area contributed by atoms with Gasteiger partial charge in [-0.3, -0.25) is 15.1 Å². The number of anilines is 1. The van der Waals surface area contributed by atoms with Gasteiger partial charge in [0.05, 0.1) is 35.4 Å². The number of nitrogens with one attached hydrogen (secondary N) is 3. The molecule has 44 heavy (non-hydrogen) atoms. The summed E-state index contributed by atoms with van der Waals surface area (Å²) in [5.74, 6) is 0.504. The molecule has 224 valence electrons. The molecule has 3 N–H and O–H groups in total. The van der Waals surface area contributed by atoms with Crippen molar-refractivity contribution in [3.05, 3.63) is 79.0 Å². The van der Waals surface area contributed by atoms with Crippen molar-refractivity contribution in [1.29, 1.82) is 0 Å². The van der Waals surface area contributed by atoms with Crippen LogP contribution in [-0.4, -0.2) is 63.3 Å². The molecule has 0 amide bonds. The maximum Gasteiger partial charge on any atom is 0.138 e. The van der Waals surface area contributed by atoms with Crippen LogP contribution in [-0.2, 0) is 0 Å². The zero-order chi connectivity index (χ0) is 30.0. The Labute approximate surface area is 255 Å². The summed E-state index contributed by atoms with van der Waals surface area (Å²) in [7, 11) is 4.04. The van der Waals surface area contributed by atoms with Crippen LogP contribution in [0.25, 0.3) is 55.6 Å². The highest BCUT2D eigenvalue weighted by Crippen LogP contribution is 2.36. The van der Waals surface area contributed by atoms with Gasteiger partial charge in [0, 0.05) is 46.8 Å². The number of hydrogen-bond donors (Lipinski definition) is 3. The van der Waals surface area contributed by atoms with Gasteiger partial charge in [-0.25, -0.2) is 4.39 Å². The molecule has 0 unspecified atom stereocenters. The zero-order valence-corrected chi connectivity index (χ0v) is 25.0. The molecule has 0 radical (unpaired) electrons. The second-order valence-electron chi connectivity index (χ2n) is 11.9. The largest absolute Gasteiger partial charge is 0.489 e. The van der Waals surface area contributed by atoms with Crippen molar-refractivity contribution in [2.45, 2.75) is 38.2 Å². The molecule has 1 aliphatic rings. The van der Waals surface area contributed by atoms with Crippen molar-refractivity contribution < 1.29 is 9.13 Å². The monoisotopic (exact) mass is 589 g/mol. The van der Waals surface area contributed by atoms with E-state index in [9.17, 15) is 4.39 Å². The third-order valence-electron chi connectivity index (χ3n) is 8.33. The fourth-order valence-electron chi connectivity index (χ4n) is 6.08. The van der Waals surface area contributed by atoms with Crippen molar-refractivity contribution in [2.24, 2.45) is 0 Å². The molecule has 0 saturated heterocycles. The van der Waals surface area contributed by atoms with Crippen LogP contribution in [0.3, 0.4) is 0 Å². The van der Waals surface area contributed by atoms with E-state index in [-0.39, 0.29) is 11.9 Å². The normalized spacial score (nSPS) is 14.1. The van der Waals surface area contributed by atoms with Gasteiger partial charge in [-0.1, -0.05) is 18.6 Å². The van der Waals surface area contributed by atoms with Crippen molar-refractivity contribution >= 4 is 27.5 Å². The highest BCUT2D eigenvalue weighted by atomic mass is 19.1. The first kappa shape index (κ1) is 28.0. The van der Waals surface area contributed by atoms with E-state index < -0.39 is 0 Å². The van der Waals surface area contributed by atoms with E-state index in [1.165, 1.54) is 25.3 Å². The molecule has 9 heteroatoms. The maximum absolute atomic E-state index is 14.7. The minimum absolute atomic E-state index is 0.252. The Hall–Kier alpha value is -4.76. The number of rotatable bonds is 9. The van der Waals surface area contributed by atoms with Crippen molar-refractivity contribution in [3.63, 3.8) is 0 Å². The number of fused-ring (bicyclic) bond motifs is 2. The molecular formula is C35H36FN7O. The van der Waals surface area contributed by atoms with E-state index >= 15 is 0 Å². The summed E-state index contributed by atoms with van der Waals surface area (Å²) in [4.78, 5) is 14.8. The van der Waals surface area contributed by atoms with Crippen LogP contribution >= 0.6 is 0 Å². The first-order chi connectivity index (χ1) is 21.5. The van der Waals surface area contributed by atoms with Gasteiger partial charge in [0.1, 0.15) is 17.3 Å². The van der Waals surface area contributed by atoms with Crippen LogP contribution < -0.4 is 10.1 Å². The fraction of sp³-hybridized carbons (Fsp3) is 0.286. The van der Waals surface area contributed by atoms with E-state index in [1.54, 1.807) is 12.3 Å². The second kappa shape index (κ2) is 12.1. The molecule has 0 aliphatic heterocycles. The summed E-state index contributed by atoms with van der Waals surface area (Å²) < 4.78 is 21.0. The molecule has 1 aliphatic carbocycles. The maximum atomic E-state index is 14.7. The predicted octanol–water partition coefficient (Wildman–Crippen LogP) is 7.66. The van der Waals surface area contributed by atoms with E-state index in [1.807, 2.05) is 62.9 Å². The lowest BCUT2D eigenvalue weighted by molar-refractivity contribution is 0.154. The van der Waals surface area contributed by atoms with Crippen LogP contribution in [0.5, 0.6) is 5.75 Å². The summed E-state index contributed by atoms with van der Waals surface area (Å²) in [5.41, 5.74) is 7.66. The number of ether oxygens (including phenoxy) is 1. The quantitative estimate of drug-likeness (QED) is 0.160. The van der Waals surface area contributed by atoms with Gasteiger partial charge in [-0.15, -0.1) is 0 Å². The average Bonchev–Trinajstić information content (AvgIpc) is 3.65. The minimum atomic E-state index is -0.274. The average molecular weight is 590 g/mol. The molecule has 0 atom stereocenters. The lowest BCUT2D eigenvalue weighted by atomic mass is 9.98. The number of benzene rings is 2. The van der Waals surface area contributed by atoms with Crippen LogP contribution in [0.4, 0.5) is 10.1 Å². The third kappa shape index (κ3) is 5.88. The topological polar surface area (TPSA) is 94.8 Å². The van der Waals surface area contributed by atoms with Crippen molar-refractivity contribution in [1.82, 2.24) is 30.0 Å². The summed E-state index contributed by atoms with van der Waals surface area (Å²) in [6, 6.07) is 17.3. The van der Waals surface area contributed by atoms with Crippen molar-refractivity contribution in [2.75, 3.05) is 32.5 Å². The summed E-state index contributed by atoms with van der Waals surface area (Å²) in [6.07, 6.45) is 11.6. The van der Waals surface area contributed by atoms with Gasteiger partial charge in [-0.05, 0) is 93.4 Å². The van der Waals surface area contributed by atoms with E-state index in [4.69, 9.17) is 9.72 Å². The Morgan fingerprint density at radius 1 is 0.932 bits per heavy atom. The SMILES string of the molecule is CN(C)CCNc1cc(F)cc(-c2cccc3[nH]c(-c4n[nH]c5cnc(-c6cncc(OC7CCCCC7)c6)cc45)cc23)c1. The highest BCUT2D eigenvalue weighted by molar-refractivity contribution is 6.01. The van der Waals surface area contributed by atoms with Gasteiger partial charge in [0.2, 0.25) is 0 Å². The number of hydrogen-bond acceptors (Lipinski definition) is 6. The van der Waals surface area contributed by atoms with Gasteiger partial charge in [-0.2, -0.15) is 5.10 Å². The number of H-pyrrole nitrogens is 2. The molecule has 1 saturated carbocycles. The first-order valence-electron chi connectivity index (χ1n) is 15.3. The molecule has 7 rings (SSSR count). The van der Waals surface area contributed by atoms with Gasteiger partial charge < -0.3 is 19.9 Å². The molecular weight excluding hydrogens is 553 g/mol. The fourth-order valence-corrected chi connectivity index (χ4v) is 6.08. The molecule has 4 heterocycles. The first-order valence-corrected chi connectivity index (χ1v) is 15.3. The minimum Gasteiger partial charge on any atom is -0.489 e. The van der Waals surface area contributed by atoms with E-state index in [0.29, 0.717) is 0 Å². The molecule has 1 fully saturated rings. The smallest absolute Gasteiger partial charge is 0.138 e. The van der Waals surface area contributed by atoms with Gasteiger partial charge >= 0.3 is 0 Å². The number of aromatic amines is 2. The van der Waals surface area contributed by atoms with E-state index in [0.717, 1.165) is 92.9 Å². The number of halogens is 1. The molecule has 8 nitrogen and oxygen atoms in total. The van der Waals surface area contributed by atoms with Gasteiger partial charge in [0.15, 0.2) is 0 Å². The lowest BCUT2D eigenvalue weighted by Crippen LogP contribution is -2.20. The third-order valence-corrected chi connectivity index (χ3v) is 8.33. The van der Waals surface area contributed by atoms with Gasteiger partial charge in [0.25, 0.3) is 0 Å². The Kier molecular flexibility index (Phi) is 7.70. The second-order valence-corrected chi connectivity index (χ2v) is 11.9. The predicted molar refractivity (Wildman–Crippen MR) is 174 cm³/mol. The number of nitrogens with zero attached hydrogens (tertiary/aromatic N) is 4. The highest BCUT2D eigenvalue weighted by Gasteiger charge is 2.18. The standard InChI is InChI=1S/C35H36FN7O/c1-43(2)12-11-38-25-14-22(13-24(36)16-25)28-9-6-10-31-29(28)17-33(40-31)35-30-18-32(39-21-34(30)41-42-35)23-15-27(20-37-19-23)44-26-7-4-3-5-8-26/h6,9-10,13-21,26,38,40H,3-5,7-8,11-12H2,1-2H3,(H,41,42). The van der Waals surface area contributed by atoms with Crippen LogP contribution in [0.1, 0.15) is 32.1 Å². The molecule has 6 aromatic rings. The number of likely N-dealkylation sites (N-methyl/N-ethyl adjacent to an activating group) is 1. The number of pyridine rings is 2. The molecule has 4 aromatic heterocycles. The molecule has 0 spiro atoms. The van der Waals surface area contributed by atoms with Crippen molar-refractivity contribution in [3.8, 4) is 39.5 Å². The zero-order valence-electron chi connectivity index (χ0n) is 25.0. The molecule has 2 aromatic carbocycles. The van der Waals surface area contributed by atoms with Crippen LogP contribution in [0.2, 0.25) is 0 Å².